The second-order valence-electron chi connectivity index (χ2n) is 3.75. The maximum absolute atomic E-state index is 11.9. The summed E-state index contributed by atoms with van der Waals surface area (Å²) in [5.41, 5.74) is 0.833. The standard InChI is InChI=1S/C11H10F3NO2/c12-11(13,14)6-15-10(16)9-5-7-3-1-2-4-8(7)17-9/h1-4,9H,5-6H2,(H,15,16). The quantitative estimate of drug-likeness (QED) is 0.860. The molecule has 0 saturated carbocycles. The number of halogens is 3. The molecule has 1 amide bonds. The van der Waals surface area contributed by atoms with E-state index in [2.05, 4.69) is 0 Å². The Morgan fingerprint density at radius 1 is 1.41 bits per heavy atom. The van der Waals surface area contributed by atoms with Gasteiger partial charge < -0.3 is 10.1 Å². The number of hydrogen-bond donors (Lipinski definition) is 1. The van der Waals surface area contributed by atoms with Crippen LogP contribution >= 0.6 is 0 Å². The molecule has 3 nitrogen and oxygen atoms in total. The van der Waals surface area contributed by atoms with Crippen molar-refractivity contribution in [1.82, 2.24) is 5.32 Å². The Morgan fingerprint density at radius 2 is 2.12 bits per heavy atom. The predicted molar refractivity (Wildman–Crippen MR) is 53.6 cm³/mol. The van der Waals surface area contributed by atoms with Crippen LogP contribution in [0.1, 0.15) is 5.56 Å². The molecule has 0 aromatic heterocycles. The fourth-order valence-corrected chi connectivity index (χ4v) is 1.63. The van der Waals surface area contributed by atoms with Gasteiger partial charge in [-0.3, -0.25) is 4.79 Å². The summed E-state index contributed by atoms with van der Waals surface area (Å²) in [6.45, 7) is -1.33. The molecule has 6 heteroatoms. The molecule has 17 heavy (non-hydrogen) atoms. The van der Waals surface area contributed by atoms with E-state index < -0.39 is 24.7 Å². The van der Waals surface area contributed by atoms with Gasteiger partial charge in [-0.15, -0.1) is 0 Å². The van der Waals surface area contributed by atoms with Crippen LogP contribution < -0.4 is 10.1 Å². The molecule has 1 atom stereocenters. The van der Waals surface area contributed by atoms with Crippen molar-refractivity contribution in [2.75, 3.05) is 6.54 Å². The summed E-state index contributed by atoms with van der Waals surface area (Å²) in [5, 5.41) is 1.81. The summed E-state index contributed by atoms with van der Waals surface area (Å²) in [6.07, 6.45) is -4.96. The first-order chi connectivity index (χ1) is 7.96. The Bertz CT molecular complexity index is 406. The molecule has 1 aromatic carbocycles. The van der Waals surface area contributed by atoms with Crippen molar-refractivity contribution in [1.29, 1.82) is 0 Å². The smallest absolute Gasteiger partial charge is 0.405 e. The molecule has 0 spiro atoms. The number of para-hydroxylation sites is 1. The number of carbonyl (C=O) groups excluding carboxylic acids is 1. The first-order valence-corrected chi connectivity index (χ1v) is 5.05. The lowest BCUT2D eigenvalue weighted by molar-refractivity contribution is -0.142. The molecule has 92 valence electrons. The first kappa shape index (κ1) is 11.8. The van der Waals surface area contributed by atoms with Crippen LogP contribution in [0.2, 0.25) is 0 Å². The number of amides is 1. The molecular weight excluding hydrogens is 235 g/mol. The number of carbonyl (C=O) groups is 1. The summed E-state index contributed by atoms with van der Waals surface area (Å²) >= 11 is 0. The van der Waals surface area contributed by atoms with Gasteiger partial charge >= 0.3 is 6.18 Å². The van der Waals surface area contributed by atoms with E-state index in [0.717, 1.165) is 5.56 Å². The number of alkyl halides is 3. The molecule has 1 heterocycles. The van der Waals surface area contributed by atoms with Gasteiger partial charge in [-0.25, -0.2) is 0 Å². The first-order valence-electron chi connectivity index (χ1n) is 5.05. The van der Waals surface area contributed by atoms with E-state index in [0.29, 0.717) is 12.2 Å². The van der Waals surface area contributed by atoms with E-state index in [1.807, 2.05) is 5.32 Å². The Balaban J connectivity index is 1.92. The zero-order chi connectivity index (χ0) is 12.5. The average Bonchev–Trinajstić information content (AvgIpc) is 2.68. The number of ether oxygens (including phenoxy) is 1. The Kier molecular flexibility index (Phi) is 2.95. The van der Waals surface area contributed by atoms with Crippen molar-refractivity contribution < 1.29 is 22.7 Å². The van der Waals surface area contributed by atoms with E-state index >= 15 is 0 Å². The molecule has 0 bridgehead atoms. The number of nitrogens with one attached hydrogen (secondary N) is 1. The van der Waals surface area contributed by atoms with Crippen molar-refractivity contribution >= 4 is 5.91 Å². The fraction of sp³-hybridized carbons (Fsp3) is 0.364. The van der Waals surface area contributed by atoms with Crippen LogP contribution in [0.5, 0.6) is 5.75 Å². The van der Waals surface area contributed by atoms with Crippen molar-refractivity contribution in [3.05, 3.63) is 29.8 Å². The average molecular weight is 245 g/mol. The molecule has 1 aromatic rings. The lowest BCUT2D eigenvalue weighted by atomic mass is 10.1. The zero-order valence-electron chi connectivity index (χ0n) is 8.75. The fourth-order valence-electron chi connectivity index (χ4n) is 1.63. The number of fused-ring (bicyclic) bond motifs is 1. The van der Waals surface area contributed by atoms with Crippen molar-refractivity contribution in [2.24, 2.45) is 0 Å². The monoisotopic (exact) mass is 245 g/mol. The molecule has 1 N–H and O–H groups in total. The van der Waals surface area contributed by atoms with Crippen molar-refractivity contribution in [3.8, 4) is 5.75 Å². The predicted octanol–water partition coefficient (Wildman–Crippen LogP) is 1.67. The van der Waals surface area contributed by atoms with Gasteiger partial charge in [0.25, 0.3) is 5.91 Å². The molecular formula is C11H10F3NO2. The highest BCUT2D eigenvalue weighted by atomic mass is 19.4. The van der Waals surface area contributed by atoms with E-state index in [9.17, 15) is 18.0 Å². The highest BCUT2D eigenvalue weighted by Gasteiger charge is 2.32. The molecule has 0 fully saturated rings. The maximum Gasteiger partial charge on any atom is 0.405 e. The topological polar surface area (TPSA) is 38.3 Å². The van der Waals surface area contributed by atoms with Crippen LogP contribution in [-0.2, 0) is 11.2 Å². The number of benzene rings is 1. The SMILES string of the molecule is O=C(NCC(F)(F)F)C1Cc2ccccc2O1. The molecule has 0 saturated heterocycles. The highest BCUT2D eigenvalue weighted by molar-refractivity contribution is 5.82. The van der Waals surface area contributed by atoms with Crippen LogP contribution in [0.3, 0.4) is 0 Å². The maximum atomic E-state index is 11.9. The van der Waals surface area contributed by atoms with Crippen LogP contribution in [0.4, 0.5) is 13.2 Å². The van der Waals surface area contributed by atoms with Crippen LogP contribution in [0, 0.1) is 0 Å². The third-order valence-electron chi connectivity index (χ3n) is 2.40. The lowest BCUT2D eigenvalue weighted by Crippen LogP contribution is -2.42. The second kappa shape index (κ2) is 4.27. The molecule has 1 unspecified atom stereocenters. The molecule has 0 aliphatic carbocycles. The van der Waals surface area contributed by atoms with E-state index in [1.54, 1.807) is 24.3 Å². The summed E-state index contributed by atoms with van der Waals surface area (Å²) in [5.74, 6) is -0.182. The summed E-state index contributed by atoms with van der Waals surface area (Å²) in [7, 11) is 0. The van der Waals surface area contributed by atoms with Crippen LogP contribution in [0.25, 0.3) is 0 Å². The Morgan fingerprint density at radius 3 is 2.76 bits per heavy atom. The van der Waals surface area contributed by atoms with Gasteiger partial charge in [0.1, 0.15) is 12.3 Å². The van der Waals surface area contributed by atoms with E-state index in [1.165, 1.54) is 0 Å². The van der Waals surface area contributed by atoms with Crippen LogP contribution in [-0.4, -0.2) is 24.7 Å². The third-order valence-corrected chi connectivity index (χ3v) is 2.40. The Labute approximate surface area is 95.6 Å². The number of rotatable bonds is 2. The van der Waals surface area contributed by atoms with E-state index in [-0.39, 0.29) is 0 Å². The molecule has 1 aliphatic rings. The van der Waals surface area contributed by atoms with Gasteiger partial charge in [-0.05, 0) is 11.6 Å². The van der Waals surface area contributed by atoms with Gasteiger partial charge in [0.05, 0.1) is 0 Å². The minimum absolute atomic E-state index is 0.305. The summed E-state index contributed by atoms with van der Waals surface area (Å²) < 4.78 is 41.0. The van der Waals surface area contributed by atoms with Gasteiger partial charge in [0, 0.05) is 6.42 Å². The summed E-state index contributed by atoms with van der Waals surface area (Å²) in [6, 6.07) is 7.01. The van der Waals surface area contributed by atoms with Crippen molar-refractivity contribution in [2.45, 2.75) is 18.7 Å². The Hall–Kier alpha value is -1.72. The van der Waals surface area contributed by atoms with E-state index in [4.69, 9.17) is 4.74 Å². The van der Waals surface area contributed by atoms with Gasteiger partial charge in [-0.1, -0.05) is 18.2 Å². The zero-order valence-corrected chi connectivity index (χ0v) is 8.75. The minimum Gasteiger partial charge on any atom is -0.480 e. The van der Waals surface area contributed by atoms with Gasteiger partial charge in [0.2, 0.25) is 0 Å². The van der Waals surface area contributed by atoms with Gasteiger partial charge in [0.15, 0.2) is 6.10 Å². The van der Waals surface area contributed by atoms with Crippen LogP contribution in [0.15, 0.2) is 24.3 Å². The van der Waals surface area contributed by atoms with Gasteiger partial charge in [-0.2, -0.15) is 13.2 Å². The number of hydrogen-bond acceptors (Lipinski definition) is 2. The second-order valence-corrected chi connectivity index (χ2v) is 3.75. The molecule has 0 radical (unpaired) electrons. The van der Waals surface area contributed by atoms with Crippen molar-refractivity contribution in [3.63, 3.8) is 0 Å². The largest absolute Gasteiger partial charge is 0.480 e. The minimum atomic E-state index is -4.40. The molecule has 1 aliphatic heterocycles. The highest BCUT2D eigenvalue weighted by Crippen LogP contribution is 2.28. The lowest BCUT2D eigenvalue weighted by Gasteiger charge is -2.12. The third kappa shape index (κ3) is 2.89. The molecule has 2 rings (SSSR count). The normalized spacial score (nSPS) is 18.4. The summed E-state index contributed by atoms with van der Waals surface area (Å²) in [4.78, 5) is 11.4.